The van der Waals surface area contributed by atoms with Gasteiger partial charge in [0.05, 0.1) is 7.11 Å². The molecule has 0 amide bonds. The van der Waals surface area contributed by atoms with Gasteiger partial charge in [0, 0.05) is 6.42 Å². The van der Waals surface area contributed by atoms with Gasteiger partial charge < -0.3 is 4.74 Å². The number of aryl methyl sites for hydroxylation is 2. The molecule has 0 radical (unpaired) electrons. The molecule has 2 nitrogen and oxygen atoms in total. The van der Waals surface area contributed by atoms with Crippen molar-refractivity contribution in [1.29, 1.82) is 0 Å². The predicted octanol–water partition coefficient (Wildman–Crippen LogP) is 3.42. The van der Waals surface area contributed by atoms with Gasteiger partial charge in [-0.3, -0.25) is 4.79 Å². The summed E-state index contributed by atoms with van der Waals surface area (Å²) in [6, 6.07) is 2.23. The number of esters is 1. The molecule has 0 saturated carbocycles. The Morgan fingerprint density at radius 1 is 1.12 bits per heavy atom. The van der Waals surface area contributed by atoms with Crippen LogP contribution < -0.4 is 0 Å². The molecular formula is C15H22O2. The molecule has 1 aromatic rings. The van der Waals surface area contributed by atoms with Crippen LogP contribution in [0.1, 0.15) is 40.7 Å². The Bertz CT molecular complexity index is 393. The topological polar surface area (TPSA) is 26.3 Å². The molecule has 0 aliphatic heterocycles. The minimum Gasteiger partial charge on any atom is -0.469 e. The molecule has 0 aromatic heterocycles. The maximum atomic E-state index is 11.1. The Kier molecular flexibility index (Phi) is 4.73. The van der Waals surface area contributed by atoms with Crippen LogP contribution in [0.15, 0.2) is 6.07 Å². The first-order valence-electron chi connectivity index (χ1n) is 6.10. The van der Waals surface area contributed by atoms with Crippen molar-refractivity contribution in [3.8, 4) is 0 Å². The van der Waals surface area contributed by atoms with Crippen LogP contribution >= 0.6 is 0 Å². The summed E-state index contributed by atoms with van der Waals surface area (Å²) in [4.78, 5) is 11.1. The van der Waals surface area contributed by atoms with Gasteiger partial charge in [-0.25, -0.2) is 0 Å². The molecular weight excluding hydrogens is 212 g/mol. The van der Waals surface area contributed by atoms with E-state index < -0.39 is 0 Å². The van der Waals surface area contributed by atoms with Crippen molar-refractivity contribution < 1.29 is 9.53 Å². The molecule has 17 heavy (non-hydrogen) atoms. The minimum absolute atomic E-state index is 0.121. The predicted molar refractivity (Wildman–Crippen MR) is 70.3 cm³/mol. The number of ether oxygens (including phenoxy) is 1. The minimum atomic E-state index is -0.121. The summed E-state index contributed by atoms with van der Waals surface area (Å²) in [6.45, 7) is 8.61. The Morgan fingerprint density at radius 3 is 2.12 bits per heavy atom. The van der Waals surface area contributed by atoms with Crippen molar-refractivity contribution >= 4 is 5.97 Å². The van der Waals surface area contributed by atoms with Gasteiger partial charge in [-0.1, -0.05) is 6.07 Å². The van der Waals surface area contributed by atoms with E-state index in [4.69, 9.17) is 0 Å². The highest BCUT2D eigenvalue weighted by Crippen LogP contribution is 2.23. The lowest BCUT2D eigenvalue weighted by molar-refractivity contribution is -0.140. The third-order valence-electron chi connectivity index (χ3n) is 3.56. The lowest BCUT2D eigenvalue weighted by atomic mass is 9.91. The fourth-order valence-corrected chi connectivity index (χ4v) is 2.19. The van der Waals surface area contributed by atoms with Gasteiger partial charge >= 0.3 is 5.97 Å². The maximum absolute atomic E-state index is 11.1. The number of benzene rings is 1. The number of carbonyl (C=O) groups is 1. The molecule has 0 spiro atoms. The van der Waals surface area contributed by atoms with E-state index in [9.17, 15) is 4.79 Å². The quantitative estimate of drug-likeness (QED) is 0.746. The molecule has 0 unspecified atom stereocenters. The van der Waals surface area contributed by atoms with Crippen molar-refractivity contribution in [2.75, 3.05) is 7.11 Å². The van der Waals surface area contributed by atoms with Crippen molar-refractivity contribution in [3.63, 3.8) is 0 Å². The average Bonchev–Trinajstić information content (AvgIpc) is 2.30. The third kappa shape index (κ3) is 3.32. The highest BCUT2D eigenvalue weighted by atomic mass is 16.5. The highest BCUT2D eigenvalue weighted by molar-refractivity contribution is 5.69. The van der Waals surface area contributed by atoms with Crippen LogP contribution in [0.25, 0.3) is 0 Å². The lowest BCUT2D eigenvalue weighted by Gasteiger charge is -2.15. The number of hydrogen-bond donors (Lipinski definition) is 0. The smallest absolute Gasteiger partial charge is 0.305 e. The molecule has 94 valence electrons. The second-order valence-electron chi connectivity index (χ2n) is 4.67. The molecule has 0 aliphatic carbocycles. The summed E-state index contributed by atoms with van der Waals surface area (Å²) in [5.41, 5.74) is 6.78. The maximum Gasteiger partial charge on any atom is 0.305 e. The van der Waals surface area contributed by atoms with E-state index in [1.54, 1.807) is 0 Å². The highest BCUT2D eigenvalue weighted by Gasteiger charge is 2.09. The summed E-state index contributed by atoms with van der Waals surface area (Å²) < 4.78 is 4.66. The molecule has 0 aliphatic rings. The molecule has 2 heteroatoms. The molecule has 0 fully saturated rings. The van der Waals surface area contributed by atoms with Gasteiger partial charge in [0.1, 0.15) is 0 Å². The van der Waals surface area contributed by atoms with Crippen LogP contribution in [-0.4, -0.2) is 13.1 Å². The fraction of sp³-hybridized carbons (Fsp3) is 0.533. The molecule has 1 aromatic carbocycles. The van der Waals surface area contributed by atoms with Gasteiger partial charge in [0.2, 0.25) is 0 Å². The second kappa shape index (κ2) is 5.85. The van der Waals surface area contributed by atoms with E-state index in [2.05, 4.69) is 38.5 Å². The Hall–Kier alpha value is -1.31. The Labute approximate surface area is 104 Å². The molecule has 0 heterocycles. The molecule has 0 bridgehead atoms. The van der Waals surface area contributed by atoms with Crippen LogP contribution in [0.3, 0.4) is 0 Å². The van der Waals surface area contributed by atoms with Gasteiger partial charge in [0.25, 0.3) is 0 Å². The monoisotopic (exact) mass is 234 g/mol. The van der Waals surface area contributed by atoms with Crippen LogP contribution in [-0.2, 0) is 16.0 Å². The van der Waals surface area contributed by atoms with Gasteiger partial charge in [0.15, 0.2) is 0 Å². The van der Waals surface area contributed by atoms with Crippen LogP contribution in [0.2, 0.25) is 0 Å². The average molecular weight is 234 g/mol. The summed E-state index contributed by atoms with van der Waals surface area (Å²) in [6.07, 6.45) is 2.31. The molecule has 0 saturated heterocycles. The molecule has 1 rings (SSSR count). The number of methoxy groups -OCH3 is 1. The Morgan fingerprint density at radius 2 is 1.65 bits per heavy atom. The van der Waals surface area contributed by atoms with E-state index in [1.165, 1.54) is 34.9 Å². The first kappa shape index (κ1) is 13.8. The van der Waals surface area contributed by atoms with E-state index in [-0.39, 0.29) is 5.97 Å². The summed E-state index contributed by atoms with van der Waals surface area (Å²) >= 11 is 0. The van der Waals surface area contributed by atoms with Gasteiger partial charge in [-0.15, -0.1) is 0 Å². The summed E-state index contributed by atoms with van der Waals surface area (Å²) in [5.74, 6) is -0.121. The lowest BCUT2D eigenvalue weighted by Crippen LogP contribution is -2.03. The van der Waals surface area contributed by atoms with E-state index in [0.29, 0.717) is 6.42 Å². The van der Waals surface area contributed by atoms with Gasteiger partial charge in [-0.2, -0.15) is 0 Å². The SMILES string of the molecule is COC(=O)CCCc1c(C)c(C)cc(C)c1C. The number of hydrogen-bond acceptors (Lipinski definition) is 2. The van der Waals surface area contributed by atoms with Crippen molar-refractivity contribution in [2.24, 2.45) is 0 Å². The Balaban J connectivity index is 2.80. The number of carbonyl (C=O) groups excluding carboxylic acids is 1. The zero-order valence-electron chi connectivity index (χ0n) is 11.5. The van der Waals surface area contributed by atoms with E-state index >= 15 is 0 Å². The first-order valence-corrected chi connectivity index (χ1v) is 6.10. The number of rotatable bonds is 4. The third-order valence-corrected chi connectivity index (χ3v) is 3.56. The van der Waals surface area contributed by atoms with Crippen LogP contribution in [0, 0.1) is 27.7 Å². The standard InChI is InChI=1S/C15H22O2/c1-10-9-11(2)13(4)14(12(10)3)7-6-8-15(16)17-5/h9H,6-8H2,1-5H3. The molecule has 0 atom stereocenters. The van der Waals surface area contributed by atoms with Crippen molar-refractivity contribution in [2.45, 2.75) is 47.0 Å². The second-order valence-corrected chi connectivity index (χ2v) is 4.67. The first-order chi connectivity index (χ1) is 7.97. The normalized spacial score (nSPS) is 10.4. The zero-order chi connectivity index (χ0) is 13.0. The summed E-state index contributed by atoms with van der Waals surface area (Å²) in [7, 11) is 1.44. The van der Waals surface area contributed by atoms with Crippen molar-refractivity contribution in [1.82, 2.24) is 0 Å². The zero-order valence-corrected chi connectivity index (χ0v) is 11.5. The van der Waals surface area contributed by atoms with Crippen molar-refractivity contribution in [3.05, 3.63) is 33.9 Å². The van der Waals surface area contributed by atoms with Crippen LogP contribution in [0.4, 0.5) is 0 Å². The van der Waals surface area contributed by atoms with E-state index in [1.807, 2.05) is 0 Å². The van der Waals surface area contributed by atoms with E-state index in [0.717, 1.165) is 12.8 Å². The van der Waals surface area contributed by atoms with Gasteiger partial charge in [-0.05, 0) is 68.4 Å². The van der Waals surface area contributed by atoms with Crippen LogP contribution in [0.5, 0.6) is 0 Å². The fourth-order valence-electron chi connectivity index (χ4n) is 2.19. The summed E-state index contributed by atoms with van der Waals surface area (Å²) in [5, 5.41) is 0. The molecule has 0 N–H and O–H groups in total. The largest absolute Gasteiger partial charge is 0.469 e.